The zero-order valence-corrected chi connectivity index (χ0v) is 13.1. The zero-order chi connectivity index (χ0) is 17.7. The average Bonchev–Trinajstić information content (AvgIpc) is 2.54. The molecule has 1 amide bonds. The summed E-state index contributed by atoms with van der Waals surface area (Å²) in [5, 5.41) is 2.56. The van der Waals surface area contributed by atoms with Gasteiger partial charge in [0.05, 0.1) is 26.2 Å². The second kappa shape index (κ2) is 7.25. The predicted octanol–water partition coefficient (Wildman–Crippen LogP) is 3.90. The van der Waals surface area contributed by atoms with E-state index in [0.29, 0.717) is 22.7 Å². The van der Waals surface area contributed by atoms with E-state index in [9.17, 15) is 18.0 Å². The monoisotopic (exact) mass is 339 g/mol. The lowest BCUT2D eigenvalue weighted by atomic mass is 10.1. The third kappa shape index (κ3) is 4.41. The summed E-state index contributed by atoms with van der Waals surface area (Å²) < 4.78 is 47.8. The molecule has 4 nitrogen and oxygen atoms in total. The van der Waals surface area contributed by atoms with Crippen LogP contribution in [0.2, 0.25) is 0 Å². The summed E-state index contributed by atoms with van der Waals surface area (Å²) in [6.07, 6.45) is -4.38. The second-order valence-corrected chi connectivity index (χ2v) is 4.98. The molecule has 0 heterocycles. The van der Waals surface area contributed by atoms with Gasteiger partial charge in [0, 0.05) is 17.3 Å². The van der Waals surface area contributed by atoms with Gasteiger partial charge in [0.2, 0.25) is 5.91 Å². The number of methoxy groups -OCH3 is 2. The molecule has 0 atom stereocenters. The first-order chi connectivity index (χ1) is 11.3. The van der Waals surface area contributed by atoms with Crippen LogP contribution in [0.15, 0.2) is 42.5 Å². The quantitative estimate of drug-likeness (QED) is 0.899. The van der Waals surface area contributed by atoms with Gasteiger partial charge in [-0.05, 0) is 30.3 Å². The van der Waals surface area contributed by atoms with Crippen molar-refractivity contribution in [3.63, 3.8) is 0 Å². The van der Waals surface area contributed by atoms with Crippen LogP contribution in [0.5, 0.6) is 11.5 Å². The molecule has 128 valence electrons. The minimum Gasteiger partial charge on any atom is -0.497 e. The molecule has 2 rings (SSSR count). The summed E-state index contributed by atoms with van der Waals surface area (Å²) in [4.78, 5) is 12.1. The summed E-state index contributed by atoms with van der Waals surface area (Å²) in [6, 6.07) is 9.32. The van der Waals surface area contributed by atoms with Gasteiger partial charge in [0.25, 0.3) is 0 Å². The van der Waals surface area contributed by atoms with Gasteiger partial charge in [0.15, 0.2) is 0 Å². The number of alkyl halides is 3. The van der Waals surface area contributed by atoms with Crippen molar-refractivity contribution < 1.29 is 27.4 Å². The number of hydrogen-bond acceptors (Lipinski definition) is 3. The van der Waals surface area contributed by atoms with Crippen molar-refractivity contribution in [1.82, 2.24) is 0 Å². The van der Waals surface area contributed by atoms with Gasteiger partial charge < -0.3 is 14.8 Å². The van der Waals surface area contributed by atoms with E-state index >= 15 is 0 Å². The molecule has 0 aliphatic rings. The number of benzene rings is 2. The van der Waals surface area contributed by atoms with E-state index in [0.717, 1.165) is 12.1 Å². The third-order valence-corrected chi connectivity index (χ3v) is 3.34. The number of rotatable bonds is 5. The van der Waals surface area contributed by atoms with Crippen molar-refractivity contribution in [2.75, 3.05) is 19.5 Å². The molecule has 0 saturated heterocycles. The number of amides is 1. The fourth-order valence-corrected chi connectivity index (χ4v) is 2.12. The molecule has 1 N–H and O–H groups in total. The molecular formula is C17H16F3NO3. The van der Waals surface area contributed by atoms with Crippen molar-refractivity contribution in [2.45, 2.75) is 12.6 Å². The molecular weight excluding hydrogens is 323 g/mol. The summed E-state index contributed by atoms with van der Waals surface area (Å²) >= 11 is 0. The second-order valence-electron chi connectivity index (χ2n) is 4.98. The molecule has 0 saturated carbocycles. The first-order valence-corrected chi connectivity index (χ1v) is 7.01. The van der Waals surface area contributed by atoms with E-state index in [1.54, 1.807) is 18.2 Å². The Hall–Kier alpha value is -2.70. The molecule has 0 aliphatic heterocycles. The Bertz CT molecular complexity index is 712. The van der Waals surface area contributed by atoms with Crippen LogP contribution in [-0.4, -0.2) is 20.1 Å². The van der Waals surface area contributed by atoms with E-state index in [1.807, 2.05) is 0 Å². The van der Waals surface area contributed by atoms with E-state index < -0.39 is 11.7 Å². The Kier molecular flexibility index (Phi) is 5.33. The molecule has 0 bridgehead atoms. The van der Waals surface area contributed by atoms with E-state index in [4.69, 9.17) is 9.47 Å². The fourth-order valence-electron chi connectivity index (χ4n) is 2.12. The van der Waals surface area contributed by atoms with Gasteiger partial charge >= 0.3 is 6.18 Å². The van der Waals surface area contributed by atoms with E-state index in [-0.39, 0.29) is 12.3 Å². The molecule has 0 unspecified atom stereocenters. The van der Waals surface area contributed by atoms with Crippen molar-refractivity contribution in [3.8, 4) is 11.5 Å². The standard InChI is InChI=1S/C17H16F3NO3/c1-23-14-8-3-11(15(10-14)24-2)9-16(22)21-13-6-4-12(5-7-13)17(18,19)20/h3-8,10H,9H2,1-2H3,(H,21,22). The lowest BCUT2D eigenvalue weighted by molar-refractivity contribution is -0.137. The minimum absolute atomic E-state index is 0.0220. The Morgan fingerprint density at radius 3 is 2.25 bits per heavy atom. The maximum atomic E-state index is 12.5. The van der Waals surface area contributed by atoms with Crippen LogP contribution in [0.4, 0.5) is 18.9 Å². The Labute approximate surface area is 137 Å². The SMILES string of the molecule is COc1ccc(CC(=O)Nc2ccc(C(F)(F)F)cc2)c(OC)c1. The Morgan fingerprint density at radius 2 is 1.71 bits per heavy atom. The highest BCUT2D eigenvalue weighted by molar-refractivity contribution is 5.92. The Balaban J connectivity index is 2.06. The van der Waals surface area contributed by atoms with Gasteiger partial charge in [-0.25, -0.2) is 0 Å². The molecule has 0 aliphatic carbocycles. The largest absolute Gasteiger partial charge is 0.497 e. The first-order valence-electron chi connectivity index (χ1n) is 7.01. The lowest BCUT2D eigenvalue weighted by Gasteiger charge is -2.11. The maximum absolute atomic E-state index is 12.5. The number of anilines is 1. The fraction of sp³-hybridized carbons (Fsp3) is 0.235. The molecule has 0 radical (unpaired) electrons. The highest BCUT2D eigenvalue weighted by Gasteiger charge is 2.29. The predicted molar refractivity (Wildman–Crippen MR) is 83.3 cm³/mol. The molecule has 0 aromatic heterocycles. The molecule has 2 aromatic carbocycles. The number of carbonyl (C=O) groups excluding carboxylic acids is 1. The van der Waals surface area contributed by atoms with Crippen LogP contribution in [-0.2, 0) is 17.4 Å². The van der Waals surface area contributed by atoms with E-state index in [2.05, 4.69) is 5.32 Å². The van der Waals surface area contributed by atoms with Crippen molar-refractivity contribution in [3.05, 3.63) is 53.6 Å². The number of carbonyl (C=O) groups is 1. The topological polar surface area (TPSA) is 47.6 Å². The molecule has 0 spiro atoms. The van der Waals surface area contributed by atoms with Gasteiger partial charge in [-0.2, -0.15) is 13.2 Å². The van der Waals surface area contributed by atoms with Gasteiger partial charge in [0.1, 0.15) is 11.5 Å². The van der Waals surface area contributed by atoms with E-state index in [1.165, 1.54) is 26.4 Å². The summed E-state index contributed by atoms with van der Waals surface area (Å²) in [5.74, 6) is 0.730. The molecule has 0 fully saturated rings. The normalized spacial score (nSPS) is 11.0. The molecule has 2 aromatic rings. The highest BCUT2D eigenvalue weighted by atomic mass is 19.4. The van der Waals surface area contributed by atoms with Crippen LogP contribution in [0.3, 0.4) is 0 Å². The van der Waals surface area contributed by atoms with Gasteiger partial charge in [-0.3, -0.25) is 4.79 Å². The van der Waals surface area contributed by atoms with Crippen molar-refractivity contribution in [2.24, 2.45) is 0 Å². The molecule has 24 heavy (non-hydrogen) atoms. The minimum atomic E-state index is -4.40. The van der Waals surface area contributed by atoms with Crippen molar-refractivity contribution >= 4 is 11.6 Å². The van der Waals surface area contributed by atoms with Crippen LogP contribution in [0.1, 0.15) is 11.1 Å². The number of ether oxygens (including phenoxy) is 2. The number of halogens is 3. The van der Waals surface area contributed by atoms with Crippen molar-refractivity contribution in [1.29, 1.82) is 0 Å². The zero-order valence-electron chi connectivity index (χ0n) is 13.1. The highest BCUT2D eigenvalue weighted by Crippen LogP contribution is 2.30. The smallest absolute Gasteiger partial charge is 0.416 e. The first kappa shape index (κ1) is 17.7. The Morgan fingerprint density at radius 1 is 1.04 bits per heavy atom. The lowest BCUT2D eigenvalue weighted by Crippen LogP contribution is -2.15. The van der Waals surface area contributed by atoms with Gasteiger partial charge in [-0.1, -0.05) is 6.07 Å². The van der Waals surface area contributed by atoms with Gasteiger partial charge in [-0.15, -0.1) is 0 Å². The summed E-state index contributed by atoms with van der Waals surface area (Å²) in [5.41, 5.74) is 0.167. The molecule has 7 heteroatoms. The number of hydrogen-bond donors (Lipinski definition) is 1. The van der Waals surface area contributed by atoms with Crippen LogP contribution in [0.25, 0.3) is 0 Å². The van der Waals surface area contributed by atoms with Crippen LogP contribution >= 0.6 is 0 Å². The summed E-state index contributed by atoms with van der Waals surface area (Å²) in [6.45, 7) is 0. The average molecular weight is 339 g/mol. The third-order valence-electron chi connectivity index (χ3n) is 3.34. The number of nitrogens with one attached hydrogen (secondary N) is 1. The maximum Gasteiger partial charge on any atom is 0.416 e. The van der Waals surface area contributed by atoms with Crippen LogP contribution < -0.4 is 14.8 Å². The summed E-state index contributed by atoms with van der Waals surface area (Å²) in [7, 11) is 3.00. The van der Waals surface area contributed by atoms with Crippen LogP contribution in [0, 0.1) is 0 Å².